The van der Waals surface area contributed by atoms with Crippen molar-refractivity contribution in [1.29, 1.82) is 5.26 Å². The maximum absolute atomic E-state index is 8.80. The summed E-state index contributed by atoms with van der Waals surface area (Å²) in [5.74, 6) is 0. The average molecular weight is 305 g/mol. The van der Waals surface area contributed by atoms with Gasteiger partial charge in [-0.05, 0) is 23.8 Å². The Morgan fingerprint density at radius 3 is 2.77 bits per heavy atom. The molecule has 0 saturated carbocycles. The van der Waals surface area contributed by atoms with Crippen molar-refractivity contribution in [2.24, 2.45) is 10.2 Å². The van der Waals surface area contributed by atoms with E-state index in [0.29, 0.717) is 17.2 Å². The molecule has 0 N–H and O–H groups in total. The van der Waals surface area contributed by atoms with E-state index in [1.54, 1.807) is 24.5 Å². The molecule has 0 atom stereocenters. The molecule has 0 amide bonds. The Kier molecular flexibility index (Phi) is 4.27. The molecule has 106 valence electrons. The normalized spacial score (nSPS) is 10.7. The number of pyridine rings is 1. The zero-order chi connectivity index (χ0) is 15.2. The van der Waals surface area contributed by atoms with Crippen molar-refractivity contribution < 1.29 is 0 Å². The molecule has 0 spiro atoms. The molecule has 0 aliphatic heterocycles. The van der Waals surface area contributed by atoms with Crippen LogP contribution in [0, 0.1) is 11.3 Å². The van der Waals surface area contributed by atoms with Crippen molar-refractivity contribution in [2.75, 3.05) is 0 Å². The lowest BCUT2D eigenvalue weighted by Crippen LogP contribution is -1.80. The van der Waals surface area contributed by atoms with Gasteiger partial charge in [0.2, 0.25) is 5.13 Å². The molecule has 2 heterocycles. The standard InChI is InChI=1S/C16H11N5S/c17-8-12-3-5-14(6-4-12)15-11-22-16(20-15)21-19-10-13-2-1-7-18-9-13/h1-7,9,11H,10H2. The molecule has 22 heavy (non-hydrogen) atoms. The van der Waals surface area contributed by atoms with Crippen LogP contribution in [-0.2, 0) is 6.54 Å². The molecule has 0 radical (unpaired) electrons. The second-order valence-corrected chi connectivity index (χ2v) is 5.30. The van der Waals surface area contributed by atoms with E-state index in [9.17, 15) is 0 Å². The summed E-state index contributed by atoms with van der Waals surface area (Å²) in [7, 11) is 0. The molecule has 0 unspecified atom stereocenters. The Morgan fingerprint density at radius 1 is 1.18 bits per heavy atom. The van der Waals surface area contributed by atoms with E-state index in [-0.39, 0.29) is 0 Å². The van der Waals surface area contributed by atoms with Crippen molar-refractivity contribution in [3.05, 3.63) is 65.3 Å². The lowest BCUT2D eigenvalue weighted by atomic mass is 10.1. The highest BCUT2D eigenvalue weighted by atomic mass is 32.1. The van der Waals surface area contributed by atoms with Gasteiger partial charge in [-0.2, -0.15) is 10.4 Å². The average Bonchev–Trinajstić information content (AvgIpc) is 3.05. The van der Waals surface area contributed by atoms with Gasteiger partial charge in [0, 0.05) is 23.3 Å². The first-order chi connectivity index (χ1) is 10.8. The minimum atomic E-state index is 0.486. The van der Waals surface area contributed by atoms with Crippen LogP contribution in [0.3, 0.4) is 0 Å². The number of nitriles is 1. The number of rotatable bonds is 4. The molecule has 5 nitrogen and oxygen atoms in total. The van der Waals surface area contributed by atoms with Gasteiger partial charge in [-0.1, -0.05) is 18.2 Å². The molecule has 2 aromatic heterocycles. The highest BCUT2D eigenvalue weighted by molar-refractivity contribution is 7.13. The highest BCUT2D eigenvalue weighted by Gasteiger charge is 2.04. The van der Waals surface area contributed by atoms with Gasteiger partial charge in [0.1, 0.15) is 0 Å². The third-order valence-corrected chi connectivity index (χ3v) is 3.66. The Morgan fingerprint density at radius 2 is 2.05 bits per heavy atom. The summed E-state index contributed by atoms with van der Waals surface area (Å²) in [6, 6.07) is 13.2. The fraction of sp³-hybridized carbons (Fsp3) is 0.0625. The zero-order valence-corrected chi connectivity index (χ0v) is 12.4. The van der Waals surface area contributed by atoms with Crippen LogP contribution >= 0.6 is 11.3 Å². The smallest absolute Gasteiger partial charge is 0.230 e. The third-order valence-electron chi connectivity index (χ3n) is 2.93. The van der Waals surface area contributed by atoms with E-state index in [4.69, 9.17) is 5.26 Å². The van der Waals surface area contributed by atoms with Gasteiger partial charge in [-0.15, -0.1) is 16.5 Å². The minimum Gasteiger partial charge on any atom is -0.264 e. The van der Waals surface area contributed by atoms with E-state index >= 15 is 0 Å². The number of thiazole rings is 1. The SMILES string of the molecule is N#Cc1ccc(-c2csc(N=NCc3cccnc3)n2)cc1. The predicted molar refractivity (Wildman–Crippen MR) is 84.7 cm³/mol. The fourth-order valence-corrected chi connectivity index (χ4v) is 2.49. The Hall–Kier alpha value is -2.91. The monoisotopic (exact) mass is 305 g/mol. The van der Waals surface area contributed by atoms with Gasteiger partial charge in [-0.25, -0.2) is 4.98 Å². The van der Waals surface area contributed by atoms with E-state index in [1.165, 1.54) is 11.3 Å². The molecule has 0 saturated heterocycles. The summed E-state index contributed by atoms with van der Waals surface area (Å²) in [5.41, 5.74) is 3.44. The number of aromatic nitrogens is 2. The Balaban J connectivity index is 1.69. The predicted octanol–water partition coefficient (Wildman–Crippen LogP) is 4.36. The first-order valence-electron chi connectivity index (χ1n) is 6.57. The van der Waals surface area contributed by atoms with Crippen molar-refractivity contribution in [1.82, 2.24) is 9.97 Å². The maximum atomic E-state index is 8.80. The van der Waals surface area contributed by atoms with Crippen molar-refractivity contribution in [2.45, 2.75) is 6.54 Å². The van der Waals surface area contributed by atoms with E-state index in [0.717, 1.165) is 16.8 Å². The molecule has 0 aliphatic rings. The van der Waals surface area contributed by atoms with Crippen LogP contribution in [-0.4, -0.2) is 9.97 Å². The van der Waals surface area contributed by atoms with Crippen LogP contribution in [0.2, 0.25) is 0 Å². The number of hydrogen-bond acceptors (Lipinski definition) is 6. The zero-order valence-electron chi connectivity index (χ0n) is 11.5. The summed E-state index contributed by atoms with van der Waals surface area (Å²) >= 11 is 1.44. The summed E-state index contributed by atoms with van der Waals surface area (Å²) in [6.07, 6.45) is 3.49. The van der Waals surface area contributed by atoms with E-state index in [2.05, 4.69) is 26.3 Å². The molecule has 3 rings (SSSR count). The Bertz CT molecular complexity index is 816. The first-order valence-corrected chi connectivity index (χ1v) is 7.45. The van der Waals surface area contributed by atoms with Crippen LogP contribution in [0.5, 0.6) is 0 Å². The highest BCUT2D eigenvalue weighted by Crippen LogP contribution is 2.27. The van der Waals surface area contributed by atoms with Crippen LogP contribution in [0.25, 0.3) is 11.3 Å². The first kappa shape index (κ1) is 14.0. The number of hydrogen-bond donors (Lipinski definition) is 0. The molecule has 6 heteroatoms. The quantitative estimate of drug-likeness (QED) is 0.672. The van der Waals surface area contributed by atoms with Gasteiger partial charge in [0.15, 0.2) is 0 Å². The Labute approximate surface area is 131 Å². The van der Waals surface area contributed by atoms with Crippen LogP contribution in [0.15, 0.2) is 64.4 Å². The molecule has 1 aromatic carbocycles. The molecule has 3 aromatic rings. The molecule has 0 aliphatic carbocycles. The third kappa shape index (κ3) is 3.40. The summed E-state index contributed by atoms with van der Waals surface area (Å²) < 4.78 is 0. The van der Waals surface area contributed by atoms with Gasteiger partial charge >= 0.3 is 0 Å². The van der Waals surface area contributed by atoms with Crippen LogP contribution in [0.4, 0.5) is 5.13 Å². The topological polar surface area (TPSA) is 74.3 Å². The van der Waals surface area contributed by atoms with Gasteiger partial charge in [0.05, 0.1) is 23.9 Å². The molecular weight excluding hydrogens is 294 g/mol. The molecular formula is C16H11N5S. The second kappa shape index (κ2) is 6.70. The number of nitrogens with zero attached hydrogens (tertiary/aromatic N) is 5. The number of benzene rings is 1. The summed E-state index contributed by atoms with van der Waals surface area (Å²) in [5, 5.41) is 19.6. The van der Waals surface area contributed by atoms with Crippen molar-refractivity contribution in [3.8, 4) is 17.3 Å². The van der Waals surface area contributed by atoms with Crippen LogP contribution in [0.1, 0.15) is 11.1 Å². The minimum absolute atomic E-state index is 0.486. The lowest BCUT2D eigenvalue weighted by molar-refractivity contribution is 0.946. The van der Waals surface area contributed by atoms with Crippen molar-refractivity contribution >= 4 is 16.5 Å². The lowest BCUT2D eigenvalue weighted by Gasteiger charge is -1.95. The van der Waals surface area contributed by atoms with E-state index in [1.807, 2.05) is 29.6 Å². The molecule has 0 fully saturated rings. The van der Waals surface area contributed by atoms with E-state index < -0.39 is 0 Å². The summed E-state index contributed by atoms with van der Waals surface area (Å²) in [6.45, 7) is 0.486. The van der Waals surface area contributed by atoms with Gasteiger partial charge < -0.3 is 0 Å². The van der Waals surface area contributed by atoms with Crippen molar-refractivity contribution in [3.63, 3.8) is 0 Å². The summed E-state index contributed by atoms with van der Waals surface area (Å²) in [4.78, 5) is 8.46. The maximum Gasteiger partial charge on any atom is 0.230 e. The van der Waals surface area contributed by atoms with Gasteiger partial charge in [0.25, 0.3) is 0 Å². The second-order valence-electron chi connectivity index (χ2n) is 4.47. The number of azo groups is 1. The fourth-order valence-electron chi connectivity index (χ4n) is 1.83. The van der Waals surface area contributed by atoms with Crippen LogP contribution < -0.4 is 0 Å². The largest absolute Gasteiger partial charge is 0.264 e. The van der Waals surface area contributed by atoms with Gasteiger partial charge in [-0.3, -0.25) is 4.98 Å². The molecule has 0 bridgehead atoms.